The van der Waals surface area contributed by atoms with Gasteiger partial charge in [-0.1, -0.05) is 38.7 Å². The van der Waals surface area contributed by atoms with Crippen LogP contribution in [0.2, 0.25) is 0 Å². The van der Waals surface area contributed by atoms with Crippen LogP contribution in [0.3, 0.4) is 0 Å². The van der Waals surface area contributed by atoms with Crippen LogP contribution in [0.25, 0.3) is 0 Å². The first-order valence-corrected chi connectivity index (χ1v) is 8.49. The molecule has 1 aromatic carbocycles. The van der Waals surface area contributed by atoms with Crippen LogP contribution in [0.4, 0.5) is 5.69 Å². The molecule has 0 saturated heterocycles. The summed E-state index contributed by atoms with van der Waals surface area (Å²) in [6.07, 6.45) is 6.65. The fraction of sp³-hybridized carbons (Fsp3) is 0.625. The third-order valence-electron chi connectivity index (χ3n) is 4.40. The van der Waals surface area contributed by atoms with Gasteiger partial charge in [0.1, 0.15) is 0 Å². The van der Waals surface area contributed by atoms with E-state index in [2.05, 4.69) is 28.2 Å². The Balaban J connectivity index is 1.73. The lowest BCUT2D eigenvalue weighted by Gasteiger charge is -2.26. The summed E-state index contributed by atoms with van der Waals surface area (Å²) < 4.78 is 0.535. The van der Waals surface area contributed by atoms with Crippen molar-refractivity contribution in [1.82, 2.24) is 5.32 Å². The number of nitro benzene ring substituents is 1. The molecule has 1 aliphatic carbocycles. The van der Waals surface area contributed by atoms with E-state index >= 15 is 0 Å². The van der Waals surface area contributed by atoms with E-state index in [9.17, 15) is 10.1 Å². The number of hydrogen-bond acceptors (Lipinski definition) is 3. The Morgan fingerprint density at radius 1 is 1.33 bits per heavy atom. The molecule has 21 heavy (non-hydrogen) atoms. The Morgan fingerprint density at radius 3 is 2.71 bits per heavy atom. The van der Waals surface area contributed by atoms with E-state index in [0.29, 0.717) is 11.0 Å². The third kappa shape index (κ3) is 5.08. The smallest absolute Gasteiger partial charge is 0.283 e. The van der Waals surface area contributed by atoms with Gasteiger partial charge in [-0.05, 0) is 52.4 Å². The molecule has 0 unspecified atom stereocenters. The Kier molecular flexibility index (Phi) is 6.18. The van der Waals surface area contributed by atoms with Crippen molar-refractivity contribution in [2.45, 2.75) is 45.6 Å². The van der Waals surface area contributed by atoms with Gasteiger partial charge in [-0.15, -0.1) is 0 Å². The first-order valence-electron chi connectivity index (χ1n) is 7.70. The van der Waals surface area contributed by atoms with Gasteiger partial charge in [0.25, 0.3) is 5.69 Å². The summed E-state index contributed by atoms with van der Waals surface area (Å²) in [5.74, 6) is 1.76. The largest absolute Gasteiger partial charge is 0.313 e. The maximum absolute atomic E-state index is 10.9. The molecule has 4 nitrogen and oxygen atoms in total. The van der Waals surface area contributed by atoms with Crippen LogP contribution in [-0.4, -0.2) is 11.5 Å². The van der Waals surface area contributed by atoms with Crippen LogP contribution in [0.15, 0.2) is 22.7 Å². The molecule has 0 amide bonds. The predicted octanol–water partition coefficient (Wildman–Crippen LogP) is 4.66. The molecule has 1 N–H and O–H groups in total. The van der Waals surface area contributed by atoms with Crippen LogP contribution in [0, 0.1) is 22.0 Å². The Morgan fingerprint density at radius 2 is 2.05 bits per heavy atom. The summed E-state index contributed by atoms with van der Waals surface area (Å²) in [6.45, 7) is 4.02. The van der Waals surface area contributed by atoms with Crippen molar-refractivity contribution >= 4 is 21.6 Å². The zero-order valence-corrected chi connectivity index (χ0v) is 14.1. The number of rotatable bonds is 6. The van der Waals surface area contributed by atoms with Gasteiger partial charge in [-0.3, -0.25) is 10.1 Å². The van der Waals surface area contributed by atoms with Crippen LogP contribution >= 0.6 is 15.9 Å². The van der Waals surface area contributed by atoms with Crippen molar-refractivity contribution in [3.8, 4) is 0 Å². The predicted molar refractivity (Wildman–Crippen MR) is 88.2 cm³/mol. The zero-order valence-electron chi connectivity index (χ0n) is 12.5. The number of nitro groups is 1. The molecule has 0 aromatic heterocycles. The van der Waals surface area contributed by atoms with Gasteiger partial charge in [0.05, 0.1) is 9.40 Å². The maximum atomic E-state index is 10.9. The molecule has 2 rings (SSSR count). The summed E-state index contributed by atoms with van der Waals surface area (Å²) in [5.41, 5.74) is 1.10. The van der Waals surface area contributed by atoms with Crippen molar-refractivity contribution in [2.24, 2.45) is 11.8 Å². The van der Waals surface area contributed by atoms with E-state index in [0.717, 1.165) is 23.9 Å². The molecule has 1 aliphatic rings. The lowest BCUT2D eigenvalue weighted by atomic mass is 9.81. The summed E-state index contributed by atoms with van der Waals surface area (Å²) in [6, 6.07) is 5.31. The second-order valence-corrected chi connectivity index (χ2v) is 6.99. The molecular formula is C16H23BrN2O2. The van der Waals surface area contributed by atoms with E-state index in [1.54, 1.807) is 12.1 Å². The van der Waals surface area contributed by atoms with Gasteiger partial charge in [0.15, 0.2) is 0 Å². The summed E-state index contributed by atoms with van der Waals surface area (Å²) >= 11 is 3.21. The van der Waals surface area contributed by atoms with Gasteiger partial charge in [0.2, 0.25) is 0 Å². The van der Waals surface area contributed by atoms with Gasteiger partial charge in [-0.25, -0.2) is 0 Å². The lowest BCUT2D eigenvalue weighted by Crippen LogP contribution is -2.20. The molecular weight excluding hydrogens is 332 g/mol. The van der Waals surface area contributed by atoms with Crippen LogP contribution in [0.5, 0.6) is 0 Å². The molecule has 0 aliphatic heterocycles. The fourth-order valence-electron chi connectivity index (χ4n) is 2.96. The Bertz CT molecular complexity index is 485. The number of nitrogens with one attached hydrogen (secondary N) is 1. The van der Waals surface area contributed by atoms with Gasteiger partial charge in [0, 0.05) is 12.6 Å². The van der Waals surface area contributed by atoms with E-state index in [1.807, 2.05) is 6.07 Å². The first kappa shape index (κ1) is 16.4. The van der Waals surface area contributed by atoms with Crippen LogP contribution in [0.1, 0.15) is 44.6 Å². The zero-order chi connectivity index (χ0) is 15.2. The van der Waals surface area contributed by atoms with E-state index in [1.165, 1.54) is 32.1 Å². The van der Waals surface area contributed by atoms with Crippen molar-refractivity contribution in [2.75, 3.05) is 6.54 Å². The number of hydrogen-bond donors (Lipinski definition) is 1. The topological polar surface area (TPSA) is 55.2 Å². The fourth-order valence-corrected chi connectivity index (χ4v) is 3.36. The van der Waals surface area contributed by atoms with Crippen molar-refractivity contribution < 1.29 is 4.92 Å². The number of nitrogens with zero attached hydrogens (tertiary/aromatic N) is 1. The highest BCUT2D eigenvalue weighted by atomic mass is 79.9. The number of halogens is 1. The average Bonchev–Trinajstić information content (AvgIpc) is 2.46. The molecule has 1 fully saturated rings. The van der Waals surface area contributed by atoms with Crippen molar-refractivity contribution in [3.63, 3.8) is 0 Å². The van der Waals surface area contributed by atoms with Gasteiger partial charge in [-0.2, -0.15) is 0 Å². The third-order valence-corrected chi connectivity index (χ3v) is 5.07. The number of benzene rings is 1. The standard InChI is InChI=1S/C16H23BrN2O2/c1-12-2-4-13(5-3-12)8-9-18-11-14-6-7-15(17)16(10-14)19(20)21/h6-7,10,12-13,18H,2-5,8-9,11H2,1H3. The lowest BCUT2D eigenvalue weighted by molar-refractivity contribution is -0.385. The second kappa shape index (κ2) is 7.90. The molecule has 0 radical (unpaired) electrons. The summed E-state index contributed by atoms with van der Waals surface area (Å²) in [7, 11) is 0. The summed E-state index contributed by atoms with van der Waals surface area (Å²) in [5, 5.41) is 14.3. The SMILES string of the molecule is CC1CCC(CCNCc2ccc(Br)c([N+](=O)[O-])c2)CC1. The van der Waals surface area contributed by atoms with E-state index < -0.39 is 0 Å². The molecule has 0 spiro atoms. The summed E-state index contributed by atoms with van der Waals surface area (Å²) in [4.78, 5) is 10.5. The quantitative estimate of drug-likeness (QED) is 0.459. The Labute approximate surface area is 134 Å². The minimum absolute atomic E-state index is 0.135. The highest BCUT2D eigenvalue weighted by Gasteiger charge is 2.17. The van der Waals surface area contributed by atoms with Gasteiger partial charge >= 0.3 is 0 Å². The van der Waals surface area contributed by atoms with Crippen LogP contribution < -0.4 is 5.32 Å². The highest BCUT2D eigenvalue weighted by Crippen LogP contribution is 2.30. The first-order chi connectivity index (χ1) is 10.1. The molecule has 0 atom stereocenters. The minimum atomic E-state index is -0.350. The van der Waals surface area contributed by atoms with E-state index in [-0.39, 0.29) is 10.6 Å². The van der Waals surface area contributed by atoms with Gasteiger partial charge < -0.3 is 5.32 Å². The second-order valence-electron chi connectivity index (χ2n) is 6.13. The molecule has 1 saturated carbocycles. The normalized spacial score (nSPS) is 22.2. The van der Waals surface area contributed by atoms with E-state index in [4.69, 9.17) is 0 Å². The molecule has 0 heterocycles. The highest BCUT2D eigenvalue weighted by molar-refractivity contribution is 9.10. The molecule has 116 valence electrons. The van der Waals surface area contributed by atoms with Crippen LogP contribution in [-0.2, 0) is 6.54 Å². The van der Waals surface area contributed by atoms with Crippen molar-refractivity contribution in [1.29, 1.82) is 0 Å². The Hall–Kier alpha value is -0.940. The minimum Gasteiger partial charge on any atom is -0.313 e. The average molecular weight is 355 g/mol. The maximum Gasteiger partial charge on any atom is 0.283 e. The van der Waals surface area contributed by atoms with Crippen molar-refractivity contribution in [3.05, 3.63) is 38.3 Å². The monoisotopic (exact) mass is 354 g/mol. The molecule has 1 aromatic rings. The molecule has 5 heteroatoms. The molecule has 0 bridgehead atoms.